The molecule has 0 fully saturated rings. The number of aliphatic hydroxyl groups is 6. The van der Waals surface area contributed by atoms with Crippen LogP contribution in [0.5, 0.6) is 0 Å². The first-order valence-electron chi connectivity index (χ1n) is 4.45. The number of hydrogen-bond donors (Lipinski definition) is 6. The molecule has 106 valence electrons. The van der Waals surface area contributed by atoms with Gasteiger partial charge < -0.3 is 25.5 Å². The highest BCUT2D eigenvalue weighted by Gasteiger charge is 2.66. The Morgan fingerprint density at radius 1 is 1.00 bits per heavy atom. The summed E-state index contributed by atoms with van der Waals surface area (Å²) in [4.78, 5) is 16.9. The van der Waals surface area contributed by atoms with Gasteiger partial charge in [0.1, 0.15) is 28.2 Å². The van der Waals surface area contributed by atoms with Crippen LogP contribution in [0.25, 0.3) is 0 Å². The molecule has 0 aliphatic heterocycles. The van der Waals surface area contributed by atoms with E-state index in [-0.39, 0.29) is 0 Å². The van der Waals surface area contributed by atoms with E-state index in [1.807, 2.05) is 0 Å². The van der Waals surface area contributed by atoms with Crippen LogP contribution >= 0.6 is 0 Å². The zero-order valence-corrected chi connectivity index (χ0v) is 8.73. The van der Waals surface area contributed by atoms with Gasteiger partial charge in [0, 0.05) is 0 Å². The van der Waals surface area contributed by atoms with Gasteiger partial charge in [-0.05, 0) is 0 Å². The summed E-state index contributed by atoms with van der Waals surface area (Å²) in [6.45, 7) is -1.08. The van der Waals surface area contributed by atoms with Crippen LogP contribution in [0.2, 0.25) is 0 Å². The van der Waals surface area contributed by atoms with Crippen LogP contribution in [0.1, 0.15) is 0 Å². The summed E-state index contributed by atoms with van der Waals surface area (Å²) in [6.07, 6.45) is -10.0. The monoisotopic (exact) mass is 272 g/mol. The van der Waals surface area contributed by atoms with E-state index in [4.69, 9.17) is 25.5 Å². The maximum absolute atomic E-state index is 10.3. The van der Waals surface area contributed by atoms with Crippen LogP contribution in [0.4, 0.5) is 0 Å². The Balaban J connectivity index is 5.17. The van der Waals surface area contributed by atoms with Crippen molar-refractivity contribution in [2.45, 2.75) is 30.3 Å². The molecule has 0 unspecified atom stereocenters. The van der Waals surface area contributed by atoms with E-state index >= 15 is 0 Å². The van der Waals surface area contributed by atoms with Crippen molar-refractivity contribution in [3.05, 3.63) is 20.2 Å². The lowest BCUT2D eigenvalue weighted by atomic mass is 10.00. The number of rotatable bonds is 7. The van der Waals surface area contributed by atoms with Gasteiger partial charge in [-0.1, -0.05) is 0 Å². The molecule has 0 saturated carbocycles. The zero-order chi connectivity index (χ0) is 14.7. The summed E-state index contributed by atoms with van der Waals surface area (Å²) in [5.41, 5.74) is 0. The second kappa shape index (κ2) is 5.94. The minimum absolute atomic E-state index is 1.08. The van der Waals surface area contributed by atoms with Crippen molar-refractivity contribution in [1.29, 1.82) is 0 Å². The van der Waals surface area contributed by atoms with Gasteiger partial charge in [0.15, 0.2) is 0 Å². The molecule has 0 aliphatic rings. The predicted molar refractivity (Wildman–Crippen MR) is 50.1 cm³/mol. The molecule has 0 aliphatic carbocycles. The molecule has 0 heterocycles. The van der Waals surface area contributed by atoms with E-state index in [2.05, 4.69) is 0 Å². The van der Waals surface area contributed by atoms with Crippen molar-refractivity contribution in [3.63, 3.8) is 0 Å². The predicted octanol–water partition coefficient (Wildman–Crippen LogP) is -4.38. The molecule has 0 saturated heterocycles. The van der Waals surface area contributed by atoms with Crippen LogP contribution in [0.3, 0.4) is 0 Å². The third kappa shape index (κ3) is 2.87. The van der Waals surface area contributed by atoms with Crippen molar-refractivity contribution >= 4 is 0 Å². The first kappa shape index (κ1) is 16.6. The molecule has 12 heteroatoms. The second-order valence-corrected chi connectivity index (χ2v) is 3.38. The molecule has 0 amide bonds. The Kier molecular flexibility index (Phi) is 5.47. The summed E-state index contributed by atoms with van der Waals surface area (Å²) in [6, 6.07) is 0. The summed E-state index contributed by atoms with van der Waals surface area (Å²) < 4.78 is 0. The average molecular weight is 272 g/mol. The Morgan fingerprint density at radius 3 is 1.67 bits per heavy atom. The minimum atomic E-state index is -4.16. The standard InChI is InChI=1S/C6H12N2O10/c9-1-2(10)3(11)4(12)5(13)6(14,7(15)16)8(17)18/h2-5,9-14H,1H2/t2-,3-,4+,5-/m1/s1. The van der Waals surface area contributed by atoms with Crippen molar-refractivity contribution < 1.29 is 40.5 Å². The third-order valence-electron chi connectivity index (χ3n) is 2.19. The van der Waals surface area contributed by atoms with E-state index in [1.54, 1.807) is 0 Å². The highest BCUT2D eigenvalue weighted by Crippen LogP contribution is 2.19. The molecular weight excluding hydrogens is 260 g/mol. The molecule has 0 aromatic heterocycles. The first-order valence-corrected chi connectivity index (χ1v) is 4.45. The summed E-state index contributed by atoms with van der Waals surface area (Å²) in [5.74, 6) is -4.16. The highest BCUT2D eigenvalue weighted by atomic mass is 16.7. The Morgan fingerprint density at radius 2 is 1.39 bits per heavy atom. The van der Waals surface area contributed by atoms with Crippen molar-refractivity contribution in [2.24, 2.45) is 0 Å². The van der Waals surface area contributed by atoms with Gasteiger partial charge >= 0.3 is 5.85 Å². The molecule has 0 radical (unpaired) electrons. The van der Waals surface area contributed by atoms with Crippen molar-refractivity contribution in [3.8, 4) is 0 Å². The molecule has 0 aromatic carbocycles. The van der Waals surface area contributed by atoms with Crippen molar-refractivity contribution in [2.75, 3.05) is 6.61 Å². The molecule has 0 aromatic rings. The average Bonchev–Trinajstić information content (AvgIpc) is 2.33. The highest BCUT2D eigenvalue weighted by molar-refractivity contribution is 4.84. The quantitative estimate of drug-likeness (QED) is 0.149. The largest absolute Gasteiger partial charge is 0.605 e. The van der Waals surface area contributed by atoms with Gasteiger partial charge in [-0.3, -0.25) is 25.3 Å². The summed E-state index contributed by atoms with van der Waals surface area (Å²) >= 11 is 0. The fourth-order valence-corrected chi connectivity index (χ4v) is 1.03. The smallest absolute Gasteiger partial charge is 0.394 e. The third-order valence-corrected chi connectivity index (χ3v) is 2.19. The fourth-order valence-electron chi connectivity index (χ4n) is 1.03. The van der Waals surface area contributed by atoms with E-state index in [9.17, 15) is 25.3 Å². The molecular formula is C6H12N2O10. The molecule has 6 N–H and O–H groups in total. The zero-order valence-electron chi connectivity index (χ0n) is 8.73. The maximum atomic E-state index is 10.3. The fraction of sp³-hybridized carbons (Fsp3) is 1.00. The topological polar surface area (TPSA) is 208 Å². The molecule has 0 bridgehead atoms. The van der Waals surface area contributed by atoms with Crippen LogP contribution < -0.4 is 0 Å². The van der Waals surface area contributed by atoms with Crippen LogP contribution in [-0.2, 0) is 0 Å². The number of nitro groups is 2. The Labute approximate surface area is 98.6 Å². The van der Waals surface area contributed by atoms with Gasteiger partial charge in [0.05, 0.1) is 6.61 Å². The van der Waals surface area contributed by atoms with Crippen LogP contribution in [-0.4, -0.2) is 77.4 Å². The molecule has 0 rings (SSSR count). The van der Waals surface area contributed by atoms with Gasteiger partial charge in [0.25, 0.3) is 6.10 Å². The Bertz CT molecular complexity index is 307. The first-order chi connectivity index (χ1) is 8.10. The van der Waals surface area contributed by atoms with E-state index in [0.29, 0.717) is 0 Å². The second-order valence-electron chi connectivity index (χ2n) is 3.38. The lowest BCUT2D eigenvalue weighted by molar-refractivity contribution is -0.858. The molecule has 12 nitrogen and oxygen atoms in total. The molecule has 18 heavy (non-hydrogen) atoms. The van der Waals surface area contributed by atoms with Gasteiger partial charge in [-0.15, -0.1) is 0 Å². The SMILES string of the molecule is O=[N+]([O-])C(O)([C@H](O)[C@@H](O)[C@H](O)[C@H](O)CO)[N+](=O)[O-]. The number of hydrogen-bond acceptors (Lipinski definition) is 10. The summed E-state index contributed by atoms with van der Waals surface area (Å²) in [7, 11) is 0. The minimum Gasteiger partial charge on any atom is -0.394 e. The van der Waals surface area contributed by atoms with Gasteiger partial charge in [-0.25, -0.2) is 0 Å². The van der Waals surface area contributed by atoms with E-state index in [1.165, 1.54) is 0 Å². The number of nitrogens with zero attached hydrogens (tertiary/aromatic N) is 2. The molecule has 0 spiro atoms. The Hall–Kier alpha value is -1.44. The van der Waals surface area contributed by atoms with Crippen molar-refractivity contribution in [1.82, 2.24) is 0 Å². The van der Waals surface area contributed by atoms with Crippen LogP contribution in [0, 0.1) is 20.2 Å². The maximum Gasteiger partial charge on any atom is 0.605 e. The lowest BCUT2D eigenvalue weighted by Gasteiger charge is -2.26. The lowest BCUT2D eigenvalue weighted by Crippen LogP contribution is -2.63. The normalized spacial score (nSPS) is 18.8. The van der Waals surface area contributed by atoms with Gasteiger partial charge in [0.2, 0.25) is 0 Å². The van der Waals surface area contributed by atoms with E-state index in [0.717, 1.165) is 0 Å². The summed E-state index contributed by atoms with van der Waals surface area (Å²) in [5, 5.41) is 74.4. The number of aliphatic hydroxyl groups excluding tert-OH is 5. The van der Waals surface area contributed by atoms with Crippen LogP contribution in [0.15, 0.2) is 0 Å². The van der Waals surface area contributed by atoms with Gasteiger partial charge in [-0.2, -0.15) is 0 Å². The van der Waals surface area contributed by atoms with E-state index < -0.39 is 46.7 Å². The molecule has 4 atom stereocenters.